The van der Waals surface area contributed by atoms with Crippen LogP contribution in [0.2, 0.25) is 0 Å². The molecule has 0 aliphatic rings. The van der Waals surface area contributed by atoms with Gasteiger partial charge in [0.05, 0.1) is 12.0 Å². The van der Waals surface area contributed by atoms with Crippen LogP contribution in [0.5, 0.6) is 0 Å². The number of tetrazole rings is 1. The molecule has 1 amide bonds. The van der Waals surface area contributed by atoms with E-state index in [0.717, 1.165) is 0 Å². The highest BCUT2D eigenvalue weighted by molar-refractivity contribution is 6.19. The van der Waals surface area contributed by atoms with Crippen LogP contribution in [0.3, 0.4) is 0 Å². The topological polar surface area (TPSA) is 83.6 Å². The van der Waals surface area contributed by atoms with Crippen LogP contribution in [0.15, 0.2) is 0 Å². The van der Waals surface area contributed by atoms with Gasteiger partial charge in [0.2, 0.25) is 5.91 Å². The Bertz CT molecular complexity index is 297. The van der Waals surface area contributed by atoms with Crippen molar-refractivity contribution in [1.29, 1.82) is 0 Å². The van der Waals surface area contributed by atoms with Gasteiger partial charge in [-0.1, -0.05) is 5.21 Å². The number of nitrogens with one attached hydrogen (secondary N) is 2. The van der Waals surface area contributed by atoms with Gasteiger partial charge in [-0.15, -0.1) is 21.8 Å². The summed E-state index contributed by atoms with van der Waals surface area (Å²) in [6.45, 7) is 3.80. The number of aromatic nitrogens is 4. The van der Waals surface area contributed by atoms with Gasteiger partial charge in [-0.2, -0.15) is 5.21 Å². The van der Waals surface area contributed by atoms with Gasteiger partial charge < -0.3 is 5.32 Å². The third kappa shape index (κ3) is 2.66. The largest absolute Gasteiger partial charge is 0.348 e. The number of H-pyrrole nitrogens is 1. The van der Waals surface area contributed by atoms with E-state index in [1.54, 1.807) is 13.8 Å². The highest BCUT2D eigenvalue weighted by Gasteiger charge is 2.26. The van der Waals surface area contributed by atoms with Crippen LogP contribution in [-0.4, -0.2) is 32.4 Å². The summed E-state index contributed by atoms with van der Waals surface area (Å²) in [6.07, 6.45) is 0. The summed E-state index contributed by atoms with van der Waals surface area (Å²) in [5.41, 5.74) is -0.578. The van der Waals surface area contributed by atoms with E-state index in [-0.39, 0.29) is 18.3 Å². The number of nitrogens with zero attached hydrogens (tertiary/aromatic N) is 3. The summed E-state index contributed by atoms with van der Waals surface area (Å²) < 4.78 is 0. The molecule has 0 atom stereocenters. The Morgan fingerprint density at radius 1 is 1.64 bits per heavy atom. The molecule has 0 aromatic carbocycles. The fraction of sp³-hybridized carbons (Fsp3) is 0.714. The second kappa shape index (κ2) is 4.36. The predicted octanol–water partition coefficient (Wildman–Crippen LogP) is 0.0809. The average Bonchev–Trinajstić information content (AvgIpc) is 2.66. The number of hydrogen-bond donors (Lipinski definition) is 2. The molecule has 0 saturated heterocycles. The first kappa shape index (κ1) is 10.9. The summed E-state index contributed by atoms with van der Waals surface area (Å²) in [7, 11) is 0. The molecule has 78 valence electrons. The Balaban J connectivity index is 2.43. The third-order valence-electron chi connectivity index (χ3n) is 1.75. The fourth-order valence-corrected chi connectivity index (χ4v) is 0.838. The summed E-state index contributed by atoms with van der Waals surface area (Å²) in [5, 5.41) is 15.7. The Kier molecular flexibility index (Phi) is 3.40. The summed E-state index contributed by atoms with van der Waals surface area (Å²) in [4.78, 5) is 11.5. The fourth-order valence-electron chi connectivity index (χ4n) is 0.717. The Morgan fingerprint density at radius 2 is 2.36 bits per heavy atom. The molecule has 0 bridgehead atoms. The van der Waals surface area contributed by atoms with Crippen LogP contribution in [0.1, 0.15) is 19.7 Å². The zero-order valence-corrected chi connectivity index (χ0v) is 8.80. The van der Waals surface area contributed by atoms with E-state index in [2.05, 4.69) is 25.9 Å². The second-order valence-corrected chi connectivity index (χ2v) is 3.80. The lowest BCUT2D eigenvalue weighted by Gasteiger charge is -2.19. The van der Waals surface area contributed by atoms with Crippen LogP contribution in [0.4, 0.5) is 0 Å². The van der Waals surface area contributed by atoms with E-state index in [0.29, 0.717) is 5.82 Å². The maximum absolute atomic E-state index is 11.5. The number of alkyl halides is 1. The van der Waals surface area contributed by atoms with E-state index in [9.17, 15) is 4.79 Å². The minimum absolute atomic E-state index is 0.127. The maximum Gasteiger partial charge on any atom is 0.227 e. The quantitative estimate of drug-likeness (QED) is 0.700. The van der Waals surface area contributed by atoms with Crippen molar-refractivity contribution >= 4 is 17.5 Å². The van der Waals surface area contributed by atoms with Gasteiger partial charge in [-0.05, 0) is 13.8 Å². The Hall–Kier alpha value is -1.17. The molecule has 1 aromatic heterocycles. The molecule has 14 heavy (non-hydrogen) atoms. The molecular weight excluding hydrogens is 206 g/mol. The molecule has 1 aromatic rings. The van der Waals surface area contributed by atoms with Crippen molar-refractivity contribution in [3.05, 3.63) is 5.82 Å². The molecule has 0 unspecified atom stereocenters. The summed E-state index contributed by atoms with van der Waals surface area (Å²) in [6, 6.07) is 0. The first-order valence-corrected chi connectivity index (χ1v) is 4.66. The molecule has 0 saturated carbocycles. The van der Waals surface area contributed by atoms with E-state index in [1.807, 2.05) is 0 Å². The van der Waals surface area contributed by atoms with Crippen LogP contribution < -0.4 is 5.32 Å². The van der Waals surface area contributed by atoms with Crippen molar-refractivity contribution in [1.82, 2.24) is 25.9 Å². The summed E-state index contributed by atoms with van der Waals surface area (Å²) in [5.74, 6) is 0.589. The number of carbonyl (C=O) groups excluding carboxylic acids is 1. The monoisotopic (exact) mass is 217 g/mol. The lowest BCUT2D eigenvalue weighted by atomic mass is 9.95. The lowest BCUT2D eigenvalue weighted by Crippen LogP contribution is -2.37. The maximum atomic E-state index is 11.5. The first-order chi connectivity index (χ1) is 6.56. The standard InChI is InChI=1S/C7H12ClN5O/c1-7(2,4-8)6(14)9-3-5-10-12-13-11-5/h3-4H2,1-2H3,(H,9,14)(H,10,11,12,13). The number of carbonyl (C=O) groups is 1. The first-order valence-electron chi connectivity index (χ1n) is 4.13. The van der Waals surface area contributed by atoms with Crippen LogP contribution in [-0.2, 0) is 11.3 Å². The molecule has 6 nitrogen and oxygen atoms in total. The van der Waals surface area contributed by atoms with Crippen LogP contribution in [0.25, 0.3) is 0 Å². The summed E-state index contributed by atoms with van der Waals surface area (Å²) >= 11 is 5.64. The van der Waals surface area contributed by atoms with Gasteiger partial charge in [0.15, 0.2) is 5.82 Å². The number of aromatic amines is 1. The predicted molar refractivity (Wildman–Crippen MR) is 50.5 cm³/mol. The molecule has 2 N–H and O–H groups in total. The molecule has 0 radical (unpaired) electrons. The van der Waals surface area contributed by atoms with Gasteiger partial charge in [0.1, 0.15) is 0 Å². The Labute approximate surface area is 86.4 Å². The van der Waals surface area contributed by atoms with Crippen molar-refractivity contribution < 1.29 is 4.79 Å². The van der Waals surface area contributed by atoms with E-state index >= 15 is 0 Å². The van der Waals surface area contributed by atoms with Crippen molar-refractivity contribution in [3.8, 4) is 0 Å². The Morgan fingerprint density at radius 3 is 2.86 bits per heavy atom. The van der Waals surface area contributed by atoms with Crippen molar-refractivity contribution in [2.24, 2.45) is 5.41 Å². The van der Waals surface area contributed by atoms with Gasteiger partial charge in [-0.25, -0.2) is 0 Å². The van der Waals surface area contributed by atoms with E-state index in [1.165, 1.54) is 0 Å². The normalized spacial score (nSPS) is 11.4. The minimum atomic E-state index is -0.578. The third-order valence-corrected chi connectivity index (χ3v) is 2.41. The van der Waals surface area contributed by atoms with Crippen molar-refractivity contribution in [2.75, 3.05) is 5.88 Å². The second-order valence-electron chi connectivity index (χ2n) is 3.53. The number of halogens is 1. The van der Waals surface area contributed by atoms with Gasteiger partial charge in [0.25, 0.3) is 0 Å². The molecule has 0 fully saturated rings. The zero-order chi connectivity index (χ0) is 10.6. The molecule has 1 heterocycles. The molecule has 0 spiro atoms. The highest BCUT2D eigenvalue weighted by Crippen LogP contribution is 2.16. The highest BCUT2D eigenvalue weighted by atomic mass is 35.5. The van der Waals surface area contributed by atoms with E-state index < -0.39 is 5.41 Å². The van der Waals surface area contributed by atoms with Gasteiger partial charge in [-0.3, -0.25) is 4.79 Å². The average molecular weight is 218 g/mol. The smallest absolute Gasteiger partial charge is 0.227 e. The van der Waals surface area contributed by atoms with Crippen LogP contribution in [0, 0.1) is 5.41 Å². The minimum Gasteiger partial charge on any atom is -0.348 e. The van der Waals surface area contributed by atoms with Crippen molar-refractivity contribution in [3.63, 3.8) is 0 Å². The van der Waals surface area contributed by atoms with Gasteiger partial charge in [0, 0.05) is 5.88 Å². The zero-order valence-electron chi connectivity index (χ0n) is 8.04. The number of hydrogen-bond acceptors (Lipinski definition) is 4. The van der Waals surface area contributed by atoms with E-state index in [4.69, 9.17) is 11.6 Å². The number of rotatable bonds is 4. The molecule has 1 rings (SSSR count). The SMILES string of the molecule is CC(C)(CCl)C(=O)NCc1nn[nH]n1. The van der Waals surface area contributed by atoms with Crippen molar-refractivity contribution in [2.45, 2.75) is 20.4 Å². The lowest BCUT2D eigenvalue weighted by molar-refractivity contribution is -0.128. The number of amides is 1. The van der Waals surface area contributed by atoms with Gasteiger partial charge >= 0.3 is 0 Å². The molecule has 0 aliphatic carbocycles. The molecule has 0 aliphatic heterocycles. The van der Waals surface area contributed by atoms with Crippen LogP contribution >= 0.6 is 11.6 Å². The molecular formula is C7H12ClN5O. The molecule has 7 heteroatoms.